The number of halogens is 4. The predicted octanol–water partition coefficient (Wildman–Crippen LogP) is 3.40. The van der Waals surface area contributed by atoms with Gasteiger partial charge < -0.3 is 9.64 Å². The Balaban J connectivity index is 3.23. The zero-order chi connectivity index (χ0) is 16.2. The summed E-state index contributed by atoms with van der Waals surface area (Å²) in [5.41, 5.74) is -1.23. The second kappa shape index (κ2) is 6.89. The molecule has 0 aromatic heterocycles. The molecule has 21 heavy (non-hydrogen) atoms. The number of hydrogen-bond acceptors (Lipinski definition) is 3. The van der Waals surface area contributed by atoms with Crippen LogP contribution < -0.4 is 0 Å². The molecule has 0 bridgehead atoms. The molecule has 0 amide bonds. The lowest BCUT2D eigenvalue weighted by molar-refractivity contribution is -0.145. The molecular weight excluding hydrogens is 290 g/mol. The SMILES string of the molecule is CCOC(=O)CC(c1ccc(F)cc1C(F)(F)F)N(C)C. The van der Waals surface area contributed by atoms with E-state index in [1.54, 1.807) is 21.0 Å². The molecule has 3 nitrogen and oxygen atoms in total. The first-order valence-electron chi connectivity index (χ1n) is 6.35. The Labute approximate surface area is 120 Å². The zero-order valence-corrected chi connectivity index (χ0v) is 12.0. The molecule has 0 spiro atoms. The summed E-state index contributed by atoms with van der Waals surface area (Å²) in [4.78, 5) is 13.0. The highest BCUT2D eigenvalue weighted by Gasteiger charge is 2.36. The number of hydrogen-bond donors (Lipinski definition) is 0. The number of benzene rings is 1. The molecule has 7 heteroatoms. The van der Waals surface area contributed by atoms with E-state index in [-0.39, 0.29) is 18.6 Å². The van der Waals surface area contributed by atoms with Crippen LogP contribution in [0.1, 0.15) is 30.5 Å². The summed E-state index contributed by atoms with van der Waals surface area (Å²) in [6, 6.07) is 1.60. The van der Waals surface area contributed by atoms with Crippen molar-refractivity contribution in [2.75, 3.05) is 20.7 Å². The van der Waals surface area contributed by atoms with Crippen LogP contribution >= 0.6 is 0 Å². The Morgan fingerprint density at radius 1 is 1.33 bits per heavy atom. The molecule has 1 atom stereocenters. The third kappa shape index (κ3) is 4.70. The van der Waals surface area contributed by atoms with Crippen molar-refractivity contribution >= 4 is 5.97 Å². The Morgan fingerprint density at radius 2 is 1.95 bits per heavy atom. The van der Waals surface area contributed by atoms with E-state index in [9.17, 15) is 22.4 Å². The fourth-order valence-corrected chi connectivity index (χ4v) is 2.01. The van der Waals surface area contributed by atoms with Gasteiger partial charge >= 0.3 is 12.1 Å². The number of nitrogens with zero attached hydrogens (tertiary/aromatic N) is 1. The second-order valence-electron chi connectivity index (χ2n) is 4.72. The van der Waals surface area contributed by atoms with Crippen molar-refractivity contribution in [2.45, 2.75) is 25.6 Å². The highest BCUT2D eigenvalue weighted by molar-refractivity contribution is 5.70. The van der Waals surface area contributed by atoms with Crippen LogP contribution in [0.25, 0.3) is 0 Å². The monoisotopic (exact) mass is 307 g/mol. The second-order valence-corrected chi connectivity index (χ2v) is 4.72. The van der Waals surface area contributed by atoms with E-state index in [1.165, 1.54) is 4.90 Å². The van der Waals surface area contributed by atoms with Crippen molar-refractivity contribution in [3.63, 3.8) is 0 Å². The van der Waals surface area contributed by atoms with Crippen LogP contribution in [0.5, 0.6) is 0 Å². The van der Waals surface area contributed by atoms with Gasteiger partial charge in [0.2, 0.25) is 0 Å². The normalized spacial score (nSPS) is 13.3. The van der Waals surface area contributed by atoms with Gasteiger partial charge in [0.15, 0.2) is 0 Å². The summed E-state index contributed by atoms with van der Waals surface area (Å²) in [5.74, 6) is -1.58. The van der Waals surface area contributed by atoms with Gasteiger partial charge in [-0.15, -0.1) is 0 Å². The highest BCUT2D eigenvalue weighted by Crippen LogP contribution is 2.37. The minimum Gasteiger partial charge on any atom is -0.466 e. The number of carbonyl (C=O) groups excluding carboxylic acids is 1. The summed E-state index contributed by atoms with van der Waals surface area (Å²) in [6.07, 6.45) is -4.93. The largest absolute Gasteiger partial charge is 0.466 e. The fraction of sp³-hybridized carbons (Fsp3) is 0.500. The smallest absolute Gasteiger partial charge is 0.416 e. The highest BCUT2D eigenvalue weighted by atomic mass is 19.4. The zero-order valence-electron chi connectivity index (χ0n) is 12.0. The number of carbonyl (C=O) groups is 1. The van der Waals surface area contributed by atoms with E-state index in [4.69, 9.17) is 4.74 Å². The van der Waals surface area contributed by atoms with Crippen molar-refractivity contribution in [3.8, 4) is 0 Å². The van der Waals surface area contributed by atoms with Crippen molar-refractivity contribution < 1.29 is 27.1 Å². The fourth-order valence-electron chi connectivity index (χ4n) is 2.01. The average molecular weight is 307 g/mol. The first-order valence-corrected chi connectivity index (χ1v) is 6.35. The minimum atomic E-state index is -4.69. The lowest BCUT2D eigenvalue weighted by atomic mass is 9.96. The lowest BCUT2D eigenvalue weighted by Gasteiger charge is -2.26. The lowest BCUT2D eigenvalue weighted by Crippen LogP contribution is -2.26. The van der Waals surface area contributed by atoms with Gasteiger partial charge in [0.25, 0.3) is 0 Å². The summed E-state index contributed by atoms with van der Waals surface area (Å²) in [7, 11) is 3.10. The van der Waals surface area contributed by atoms with E-state index < -0.39 is 29.6 Å². The molecule has 1 rings (SSSR count). The summed E-state index contributed by atoms with van der Waals surface area (Å²) < 4.78 is 57.0. The molecule has 118 valence electrons. The van der Waals surface area contributed by atoms with Gasteiger partial charge in [-0.25, -0.2) is 4.39 Å². The van der Waals surface area contributed by atoms with E-state index >= 15 is 0 Å². The Kier molecular flexibility index (Phi) is 5.71. The maximum atomic E-state index is 13.1. The molecule has 1 aromatic carbocycles. The molecule has 0 aliphatic rings. The molecule has 1 unspecified atom stereocenters. The molecule has 0 fully saturated rings. The van der Waals surface area contributed by atoms with Crippen LogP contribution in [0.15, 0.2) is 18.2 Å². The predicted molar refractivity (Wildman–Crippen MR) is 69.1 cm³/mol. The number of esters is 1. The number of ether oxygens (including phenoxy) is 1. The van der Waals surface area contributed by atoms with Gasteiger partial charge in [-0.1, -0.05) is 6.07 Å². The van der Waals surface area contributed by atoms with E-state index in [1.807, 2.05) is 0 Å². The number of rotatable bonds is 5. The Morgan fingerprint density at radius 3 is 2.43 bits per heavy atom. The average Bonchev–Trinajstić information content (AvgIpc) is 2.35. The summed E-state index contributed by atoms with van der Waals surface area (Å²) >= 11 is 0. The molecule has 0 aliphatic carbocycles. The van der Waals surface area contributed by atoms with Crippen LogP contribution in [-0.2, 0) is 15.7 Å². The van der Waals surface area contributed by atoms with Gasteiger partial charge in [-0.2, -0.15) is 13.2 Å². The topological polar surface area (TPSA) is 29.5 Å². The Bertz CT molecular complexity index is 500. The first-order chi connectivity index (χ1) is 9.66. The summed E-state index contributed by atoms with van der Waals surface area (Å²) in [6.45, 7) is 1.76. The summed E-state index contributed by atoms with van der Waals surface area (Å²) in [5, 5.41) is 0. The van der Waals surface area contributed by atoms with Crippen LogP contribution in [0, 0.1) is 5.82 Å². The van der Waals surface area contributed by atoms with Gasteiger partial charge in [0, 0.05) is 6.04 Å². The Hall–Kier alpha value is -1.63. The van der Waals surface area contributed by atoms with Crippen molar-refractivity contribution in [2.24, 2.45) is 0 Å². The van der Waals surface area contributed by atoms with Crippen molar-refractivity contribution in [1.82, 2.24) is 4.90 Å². The number of alkyl halides is 3. The van der Waals surface area contributed by atoms with Crippen molar-refractivity contribution in [1.29, 1.82) is 0 Å². The van der Waals surface area contributed by atoms with Gasteiger partial charge in [0.1, 0.15) is 5.82 Å². The third-order valence-corrected chi connectivity index (χ3v) is 2.97. The van der Waals surface area contributed by atoms with Crippen LogP contribution in [0.4, 0.5) is 17.6 Å². The van der Waals surface area contributed by atoms with Crippen LogP contribution in [0.3, 0.4) is 0 Å². The quantitative estimate of drug-likeness (QED) is 0.617. The molecule has 0 aliphatic heterocycles. The molecule has 0 saturated heterocycles. The van der Waals surface area contributed by atoms with Crippen molar-refractivity contribution in [3.05, 3.63) is 35.1 Å². The molecular formula is C14H17F4NO2. The van der Waals surface area contributed by atoms with E-state index in [0.717, 1.165) is 12.1 Å². The minimum absolute atomic E-state index is 0.147. The molecule has 0 radical (unpaired) electrons. The molecule has 0 saturated carbocycles. The van der Waals surface area contributed by atoms with Gasteiger partial charge in [0.05, 0.1) is 18.6 Å². The standard InChI is InChI=1S/C14H17F4NO2/c1-4-21-13(20)8-12(19(2)3)10-6-5-9(15)7-11(10)14(16,17)18/h5-7,12H,4,8H2,1-3H3. The van der Waals surface area contributed by atoms with Gasteiger partial charge in [-0.05, 0) is 38.7 Å². The molecule has 0 N–H and O–H groups in total. The third-order valence-electron chi connectivity index (χ3n) is 2.97. The molecule has 0 heterocycles. The van der Waals surface area contributed by atoms with Crippen LogP contribution in [0.2, 0.25) is 0 Å². The van der Waals surface area contributed by atoms with E-state index in [2.05, 4.69) is 0 Å². The van der Waals surface area contributed by atoms with Crippen LogP contribution in [-0.4, -0.2) is 31.6 Å². The maximum Gasteiger partial charge on any atom is 0.416 e. The molecule has 1 aromatic rings. The van der Waals surface area contributed by atoms with Gasteiger partial charge in [-0.3, -0.25) is 4.79 Å². The maximum absolute atomic E-state index is 13.1. The first kappa shape index (κ1) is 17.4. The van der Waals surface area contributed by atoms with E-state index in [0.29, 0.717) is 6.07 Å².